The average Bonchev–Trinajstić information content (AvgIpc) is 3.08. The van der Waals surface area contributed by atoms with Gasteiger partial charge in [0.25, 0.3) is 0 Å². The summed E-state index contributed by atoms with van der Waals surface area (Å²) in [6.07, 6.45) is 0. The Morgan fingerprint density at radius 2 is 0.625 bits per heavy atom. The van der Waals surface area contributed by atoms with Crippen molar-refractivity contribution in [3.8, 4) is 11.1 Å². The van der Waals surface area contributed by atoms with Crippen LogP contribution in [0.25, 0.3) is 11.1 Å². The highest BCUT2D eigenvalue weighted by molar-refractivity contribution is 6.66. The highest BCUT2D eigenvalue weighted by Gasteiger charge is 2.60. The van der Waals surface area contributed by atoms with Gasteiger partial charge in [0.2, 0.25) is 0 Å². The lowest BCUT2D eigenvalue weighted by molar-refractivity contribution is 0.770. The van der Waals surface area contributed by atoms with E-state index in [1.807, 2.05) is 0 Å². The maximum atomic E-state index is 6.81. The molecule has 0 heterocycles. The van der Waals surface area contributed by atoms with Crippen LogP contribution in [0.15, 0.2) is 20.1 Å². The first kappa shape index (κ1) is 27.0. The fourth-order valence-corrected chi connectivity index (χ4v) is 7.97. The third-order valence-electron chi connectivity index (χ3n) is 5.13. The molecule has 14 heteroatoms. The number of rotatable bonds is 0. The fraction of sp³-hybridized carbons (Fsp3) is 0.111. The molecule has 0 saturated heterocycles. The molecule has 170 valence electrons. The summed E-state index contributed by atoms with van der Waals surface area (Å²) in [5.74, 6) is 0. The highest BCUT2D eigenvalue weighted by Crippen LogP contribution is 2.71. The monoisotopic (exact) mass is 706 g/mol. The molecule has 2 aromatic rings. The molecule has 0 fully saturated rings. The Kier molecular flexibility index (Phi) is 7.42. The maximum absolute atomic E-state index is 6.81. The van der Waals surface area contributed by atoms with Crippen molar-refractivity contribution in [2.45, 2.75) is 9.75 Å². The van der Waals surface area contributed by atoms with Gasteiger partial charge < -0.3 is 0 Å². The van der Waals surface area contributed by atoms with Gasteiger partial charge in [-0.05, 0) is 0 Å². The summed E-state index contributed by atoms with van der Waals surface area (Å²) in [7, 11) is 0. The van der Waals surface area contributed by atoms with Gasteiger partial charge in [0.05, 0.1) is 65.7 Å². The second kappa shape index (κ2) is 8.78. The first-order chi connectivity index (χ1) is 14.7. The molecule has 0 aliphatic heterocycles. The summed E-state index contributed by atoms with van der Waals surface area (Å²) < 4.78 is -1.97. The van der Waals surface area contributed by atoms with Crippen LogP contribution in [-0.4, -0.2) is 4.33 Å². The highest BCUT2D eigenvalue weighted by atomic mass is 35.5. The second-order valence-electron chi connectivity index (χ2n) is 6.59. The molecule has 2 aromatic carbocycles. The quantitative estimate of drug-likeness (QED) is 0.145. The predicted octanol–water partition coefficient (Wildman–Crippen LogP) is 12.7. The summed E-state index contributed by atoms with van der Waals surface area (Å²) >= 11 is 91.2. The Balaban J connectivity index is 2.43. The first-order valence-electron chi connectivity index (χ1n) is 7.90. The summed E-state index contributed by atoms with van der Waals surface area (Å²) in [5.41, 5.74) is -1.09. The molecule has 0 bridgehead atoms. The zero-order valence-electron chi connectivity index (χ0n) is 14.3. The van der Waals surface area contributed by atoms with Crippen LogP contribution in [-0.2, 0) is 5.41 Å². The Labute approximate surface area is 252 Å². The van der Waals surface area contributed by atoms with Gasteiger partial charge >= 0.3 is 0 Å². The van der Waals surface area contributed by atoms with E-state index in [1.165, 1.54) is 0 Å². The molecule has 2 aliphatic carbocycles. The molecule has 32 heavy (non-hydrogen) atoms. The van der Waals surface area contributed by atoms with E-state index in [2.05, 4.69) is 0 Å². The SMILES string of the molecule is ClC1=C(Cl)C2(C(Cl)=C(Cl)C1(Cl)Cl)c1c(Cl)c(Cl)c(Cl)c(Cl)c1-c1c(Cl)c(Cl)c(Cl)c(Cl)c12. The van der Waals surface area contributed by atoms with Crippen LogP contribution in [0.2, 0.25) is 40.2 Å². The molecule has 0 radical (unpaired) electrons. The van der Waals surface area contributed by atoms with E-state index >= 15 is 0 Å². The van der Waals surface area contributed by atoms with Gasteiger partial charge in [-0.15, -0.1) is 0 Å². The number of alkyl halides is 2. The lowest BCUT2D eigenvalue weighted by atomic mass is 9.74. The van der Waals surface area contributed by atoms with Crippen molar-refractivity contribution in [3.05, 3.63) is 71.4 Å². The molecule has 0 N–H and O–H groups in total. The number of benzene rings is 2. The van der Waals surface area contributed by atoms with Gasteiger partial charge in [-0.1, -0.05) is 162 Å². The van der Waals surface area contributed by atoms with Crippen molar-refractivity contribution in [3.63, 3.8) is 0 Å². The van der Waals surface area contributed by atoms with Crippen molar-refractivity contribution >= 4 is 162 Å². The standard InChI is InChI=1S/C18Cl14/c19-5-1-2-4(8(22)12(26)10(24)6(2)20)17(3(1)7(21)11(25)9(5)23)13(27)15(29)18(31,32)16(30)14(17)28. The van der Waals surface area contributed by atoms with Crippen LogP contribution in [0.4, 0.5) is 0 Å². The van der Waals surface area contributed by atoms with Gasteiger partial charge in [-0.3, -0.25) is 0 Å². The molecule has 0 nitrogen and oxygen atoms in total. The van der Waals surface area contributed by atoms with E-state index in [0.717, 1.165) is 0 Å². The molecule has 0 atom stereocenters. The predicted molar refractivity (Wildman–Crippen MR) is 145 cm³/mol. The molecule has 0 aromatic heterocycles. The molecular weight excluding hydrogens is 713 g/mol. The normalized spacial score (nSPS) is 18.6. The van der Waals surface area contributed by atoms with Crippen LogP contribution in [0.5, 0.6) is 0 Å². The van der Waals surface area contributed by atoms with Crippen LogP contribution in [0, 0.1) is 0 Å². The lowest BCUT2D eigenvalue weighted by Gasteiger charge is -2.40. The van der Waals surface area contributed by atoms with Crippen molar-refractivity contribution in [1.82, 2.24) is 0 Å². The van der Waals surface area contributed by atoms with Crippen molar-refractivity contribution in [2.75, 3.05) is 0 Å². The summed E-state index contributed by atoms with van der Waals surface area (Å²) in [4.78, 5) is 0. The summed E-state index contributed by atoms with van der Waals surface area (Å²) in [6, 6.07) is 0. The van der Waals surface area contributed by atoms with E-state index in [9.17, 15) is 0 Å². The number of halogens is 14. The Morgan fingerprint density at radius 3 is 0.938 bits per heavy atom. The Bertz CT molecular complexity index is 1220. The summed E-state index contributed by atoms with van der Waals surface area (Å²) in [6.45, 7) is 0. The Morgan fingerprint density at radius 1 is 0.344 bits per heavy atom. The number of hydrogen-bond acceptors (Lipinski definition) is 0. The van der Waals surface area contributed by atoms with Crippen molar-refractivity contribution in [1.29, 1.82) is 0 Å². The minimum absolute atomic E-state index is 0.0275. The van der Waals surface area contributed by atoms with E-state index in [0.29, 0.717) is 0 Å². The molecular formula is C18Cl14. The molecule has 1 spiro atoms. The topological polar surface area (TPSA) is 0 Å². The van der Waals surface area contributed by atoms with Crippen LogP contribution >= 0.6 is 162 Å². The van der Waals surface area contributed by atoms with Gasteiger partial charge in [-0.25, -0.2) is 0 Å². The number of hydrogen-bond donors (Lipinski definition) is 0. The molecule has 0 saturated carbocycles. The van der Waals surface area contributed by atoms with E-state index in [1.54, 1.807) is 0 Å². The van der Waals surface area contributed by atoms with Crippen LogP contribution < -0.4 is 0 Å². The van der Waals surface area contributed by atoms with Gasteiger partial charge in [0, 0.05) is 22.3 Å². The smallest absolute Gasteiger partial charge is 0.0888 e. The lowest BCUT2D eigenvalue weighted by Crippen LogP contribution is -2.36. The third-order valence-corrected chi connectivity index (χ3v) is 12.0. The van der Waals surface area contributed by atoms with Crippen LogP contribution in [0.3, 0.4) is 0 Å². The van der Waals surface area contributed by atoms with Crippen molar-refractivity contribution < 1.29 is 0 Å². The van der Waals surface area contributed by atoms with Gasteiger partial charge in [0.15, 0.2) is 4.33 Å². The van der Waals surface area contributed by atoms with Gasteiger partial charge in [0.1, 0.15) is 0 Å². The fourth-order valence-electron chi connectivity index (χ4n) is 3.80. The minimum atomic E-state index is -1.97. The summed E-state index contributed by atoms with van der Waals surface area (Å²) in [5, 5.41) is -1.43. The zero-order valence-corrected chi connectivity index (χ0v) is 24.9. The number of allylic oxidation sites excluding steroid dienone is 4. The Hall–Kier alpha value is 1.98. The average molecular weight is 713 g/mol. The molecule has 2 aliphatic rings. The van der Waals surface area contributed by atoms with Crippen LogP contribution in [0.1, 0.15) is 11.1 Å². The maximum Gasteiger partial charge on any atom is 0.191 e. The van der Waals surface area contributed by atoms with Gasteiger partial charge in [-0.2, -0.15) is 0 Å². The van der Waals surface area contributed by atoms with Crippen molar-refractivity contribution in [2.24, 2.45) is 0 Å². The second-order valence-corrected chi connectivity index (χ2v) is 12.5. The third kappa shape index (κ3) is 3.20. The van der Waals surface area contributed by atoms with E-state index in [-0.39, 0.29) is 82.6 Å². The van der Waals surface area contributed by atoms with E-state index < -0.39 is 9.75 Å². The molecule has 0 unspecified atom stereocenters. The van der Waals surface area contributed by atoms with E-state index in [4.69, 9.17) is 162 Å². The molecule has 4 rings (SSSR count). The molecule has 0 amide bonds. The largest absolute Gasteiger partial charge is 0.191 e. The first-order valence-corrected chi connectivity index (χ1v) is 13.2. The minimum Gasteiger partial charge on any atom is -0.0888 e. The number of fused-ring (bicyclic) bond motifs is 5. The zero-order chi connectivity index (χ0) is 24.2.